The number of nitrogens with zero attached hydrogens (tertiary/aromatic N) is 1. The van der Waals surface area contributed by atoms with Crippen molar-refractivity contribution in [1.29, 1.82) is 0 Å². The van der Waals surface area contributed by atoms with Crippen molar-refractivity contribution in [2.75, 3.05) is 19.8 Å². The summed E-state index contributed by atoms with van der Waals surface area (Å²) in [5, 5.41) is 3.35. The molecule has 0 spiro atoms. The molecule has 2 heterocycles. The van der Waals surface area contributed by atoms with Gasteiger partial charge in [-0.2, -0.15) is 0 Å². The molecule has 1 aliphatic carbocycles. The Kier molecular flexibility index (Phi) is 2.25. The zero-order chi connectivity index (χ0) is 10.3. The second kappa shape index (κ2) is 3.61. The maximum atomic E-state index is 5.70. The lowest BCUT2D eigenvalue weighted by atomic mass is 10.2. The van der Waals surface area contributed by atoms with Gasteiger partial charge in [-0.3, -0.25) is 0 Å². The fraction of sp³-hybridized carbons (Fsp3) is 0.727. The van der Waals surface area contributed by atoms with Crippen molar-refractivity contribution < 1.29 is 9.15 Å². The van der Waals surface area contributed by atoms with Crippen molar-refractivity contribution in [2.45, 2.75) is 31.7 Å². The predicted molar refractivity (Wildman–Crippen MR) is 54.8 cm³/mol. The zero-order valence-electron chi connectivity index (χ0n) is 8.95. The molecule has 1 aliphatic heterocycles. The van der Waals surface area contributed by atoms with Gasteiger partial charge >= 0.3 is 0 Å². The Morgan fingerprint density at radius 3 is 2.93 bits per heavy atom. The highest BCUT2D eigenvalue weighted by atomic mass is 16.5. The number of nitrogens with one attached hydrogen (secondary N) is 1. The van der Waals surface area contributed by atoms with E-state index in [1.54, 1.807) is 0 Å². The van der Waals surface area contributed by atoms with Crippen molar-refractivity contribution in [3.63, 3.8) is 0 Å². The summed E-state index contributed by atoms with van der Waals surface area (Å²) in [4.78, 5) is 4.59. The maximum absolute atomic E-state index is 5.70. The minimum atomic E-state index is 0.143. The van der Waals surface area contributed by atoms with Crippen molar-refractivity contribution in [2.24, 2.45) is 0 Å². The molecule has 1 aromatic heterocycles. The predicted octanol–water partition coefficient (Wildman–Crippen LogP) is 1.52. The molecule has 1 aromatic rings. The Hall–Kier alpha value is -0.870. The maximum Gasteiger partial charge on any atom is 0.214 e. The van der Waals surface area contributed by atoms with Gasteiger partial charge in [0.25, 0.3) is 0 Å². The monoisotopic (exact) mass is 208 g/mol. The SMILES string of the molecule is Cc1oc(C2COCCN2)nc1C1CC1. The Bertz CT molecular complexity index is 351. The van der Waals surface area contributed by atoms with Crippen molar-refractivity contribution in [3.8, 4) is 0 Å². The largest absolute Gasteiger partial charge is 0.444 e. The van der Waals surface area contributed by atoms with Gasteiger partial charge in [0, 0.05) is 12.5 Å². The molecule has 1 unspecified atom stereocenters. The Morgan fingerprint density at radius 2 is 2.27 bits per heavy atom. The highest BCUT2D eigenvalue weighted by Crippen LogP contribution is 2.41. The standard InChI is InChI=1S/C11H16N2O2/c1-7-10(8-2-3-8)13-11(15-7)9-6-14-5-4-12-9/h8-9,12H,2-6H2,1H3. The molecule has 3 rings (SSSR count). The Morgan fingerprint density at radius 1 is 1.40 bits per heavy atom. The summed E-state index contributed by atoms with van der Waals surface area (Å²) in [6, 6.07) is 0.143. The van der Waals surface area contributed by atoms with Crippen molar-refractivity contribution in [1.82, 2.24) is 10.3 Å². The summed E-state index contributed by atoms with van der Waals surface area (Å²) in [6.45, 7) is 4.34. The second-order valence-corrected chi connectivity index (χ2v) is 4.35. The molecule has 2 aliphatic rings. The fourth-order valence-corrected chi connectivity index (χ4v) is 2.04. The number of hydrogen-bond donors (Lipinski definition) is 1. The van der Waals surface area contributed by atoms with Crippen molar-refractivity contribution >= 4 is 0 Å². The summed E-state index contributed by atoms with van der Waals surface area (Å²) in [5.74, 6) is 2.45. The third-order valence-electron chi connectivity index (χ3n) is 3.03. The molecule has 4 nitrogen and oxygen atoms in total. The molecule has 1 saturated heterocycles. The first-order chi connectivity index (χ1) is 7.34. The normalized spacial score (nSPS) is 26.9. The summed E-state index contributed by atoms with van der Waals surface area (Å²) < 4.78 is 11.1. The Labute approximate surface area is 89.0 Å². The fourth-order valence-electron chi connectivity index (χ4n) is 2.04. The first-order valence-electron chi connectivity index (χ1n) is 5.63. The van der Waals surface area contributed by atoms with Crippen molar-refractivity contribution in [3.05, 3.63) is 17.3 Å². The lowest BCUT2D eigenvalue weighted by Crippen LogP contribution is -2.34. The third-order valence-corrected chi connectivity index (χ3v) is 3.03. The smallest absolute Gasteiger partial charge is 0.214 e. The van der Waals surface area contributed by atoms with E-state index in [2.05, 4.69) is 10.3 Å². The summed E-state index contributed by atoms with van der Waals surface area (Å²) in [5.41, 5.74) is 1.16. The van der Waals surface area contributed by atoms with E-state index < -0.39 is 0 Å². The molecule has 1 atom stereocenters. The van der Waals surface area contributed by atoms with Crippen LogP contribution in [0, 0.1) is 6.92 Å². The number of rotatable bonds is 2. The number of aryl methyl sites for hydroxylation is 1. The van der Waals surface area contributed by atoms with E-state index in [0.29, 0.717) is 12.5 Å². The summed E-state index contributed by atoms with van der Waals surface area (Å²) in [6.07, 6.45) is 2.53. The van der Waals surface area contributed by atoms with E-state index in [-0.39, 0.29) is 6.04 Å². The van der Waals surface area contributed by atoms with E-state index >= 15 is 0 Å². The molecule has 15 heavy (non-hydrogen) atoms. The van der Waals surface area contributed by atoms with Crippen LogP contribution in [0.3, 0.4) is 0 Å². The van der Waals surface area contributed by atoms with E-state index in [1.807, 2.05) is 6.92 Å². The zero-order valence-corrected chi connectivity index (χ0v) is 8.95. The first kappa shape index (κ1) is 9.36. The van der Waals surface area contributed by atoms with E-state index in [4.69, 9.17) is 9.15 Å². The van der Waals surface area contributed by atoms with Gasteiger partial charge < -0.3 is 14.5 Å². The third kappa shape index (κ3) is 1.79. The van der Waals surface area contributed by atoms with Gasteiger partial charge in [0.2, 0.25) is 5.89 Å². The van der Waals surface area contributed by atoms with E-state index in [9.17, 15) is 0 Å². The molecule has 0 radical (unpaired) electrons. The van der Waals surface area contributed by atoms with Crippen LogP contribution >= 0.6 is 0 Å². The molecular formula is C11H16N2O2. The number of oxazole rings is 1. The van der Waals surface area contributed by atoms with Crippen LogP contribution in [0.15, 0.2) is 4.42 Å². The van der Waals surface area contributed by atoms with E-state index in [1.165, 1.54) is 12.8 Å². The molecule has 0 bridgehead atoms. The summed E-state index contributed by atoms with van der Waals surface area (Å²) >= 11 is 0. The molecule has 2 fully saturated rings. The van der Waals surface area contributed by atoms with Crippen LogP contribution in [0.5, 0.6) is 0 Å². The van der Waals surface area contributed by atoms with Gasteiger partial charge in [-0.25, -0.2) is 4.98 Å². The number of ether oxygens (including phenoxy) is 1. The van der Waals surface area contributed by atoms with Crippen LogP contribution in [0.4, 0.5) is 0 Å². The first-order valence-corrected chi connectivity index (χ1v) is 5.63. The topological polar surface area (TPSA) is 47.3 Å². The quantitative estimate of drug-likeness (QED) is 0.800. The molecule has 1 N–H and O–H groups in total. The average molecular weight is 208 g/mol. The molecule has 0 aromatic carbocycles. The van der Waals surface area contributed by atoms with E-state index in [0.717, 1.165) is 30.5 Å². The molecule has 0 amide bonds. The van der Waals surface area contributed by atoms with Crippen LogP contribution in [0.25, 0.3) is 0 Å². The van der Waals surface area contributed by atoms with Gasteiger partial charge in [0.15, 0.2) is 0 Å². The van der Waals surface area contributed by atoms with Gasteiger partial charge in [-0.1, -0.05) is 0 Å². The highest BCUT2D eigenvalue weighted by Gasteiger charge is 2.31. The van der Waals surface area contributed by atoms with Gasteiger partial charge in [-0.15, -0.1) is 0 Å². The van der Waals surface area contributed by atoms with Crippen LogP contribution in [-0.4, -0.2) is 24.7 Å². The van der Waals surface area contributed by atoms with Crippen LogP contribution < -0.4 is 5.32 Å². The lowest BCUT2D eigenvalue weighted by Gasteiger charge is -2.20. The minimum Gasteiger partial charge on any atom is -0.444 e. The molecule has 4 heteroatoms. The average Bonchev–Trinajstić information content (AvgIpc) is 3.04. The van der Waals surface area contributed by atoms with Gasteiger partial charge in [0.05, 0.1) is 18.9 Å². The minimum absolute atomic E-state index is 0.143. The van der Waals surface area contributed by atoms with Gasteiger partial charge in [0.1, 0.15) is 11.8 Å². The van der Waals surface area contributed by atoms with Crippen LogP contribution in [0.2, 0.25) is 0 Å². The molecule has 1 saturated carbocycles. The lowest BCUT2D eigenvalue weighted by molar-refractivity contribution is 0.0678. The summed E-state index contributed by atoms with van der Waals surface area (Å²) in [7, 11) is 0. The van der Waals surface area contributed by atoms with Crippen LogP contribution in [0.1, 0.15) is 42.1 Å². The number of hydrogen-bond acceptors (Lipinski definition) is 4. The van der Waals surface area contributed by atoms with Gasteiger partial charge in [-0.05, 0) is 19.8 Å². The second-order valence-electron chi connectivity index (χ2n) is 4.35. The highest BCUT2D eigenvalue weighted by molar-refractivity contribution is 5.19. The van der Waals surface area contributed by atoms with Crippen LogP contribution in [-0.2, 0) is 4.74 Å². The molecule has 82 valence electrons. The number of aromatic nitrogens is 1. The Balaban J connectivity index is 1.81. The molecular weight excluding hydrogens is 192 g/mol. The number of morpholine rings is 1.